The SMILES string of the molecule is CCCCCCc1ccc2c(c1)CCc1c-2cc(F)c(-c2cc(F)c(Cl)c(F)c2)c1F. The average Bonchev–Trinajstić information content (AvgIpc) is 2.74. The van der Waals surface area contributed by atoms with E-state index < -0.39 is 33.9 Å². The minimum Gasteiger partial charge on any atom is -0.206 e. The van der Waals surface area contributed by atoms with E-state index in [0.717, 1.165) is 36.1 Å². The summed E-state index contributed by atoms with van der Waals surface area (Å²) in [6.07, 6.45) is 6.77. The van der Waals surface area contributed by atoms with Crippen molar-refractivity contribution in [3.8, 4) is 22.3 Å². The Morgan fingerprint density at radius 2 is 1.55 bits per heavy atom. The Morgan fingerprint density at radius 1 is 0.806 bits per heavy atom. The lowest BCUT2D eigenvalue weighted by Gasteiger charge is -2.23. The van der Waals surface area contributed by atoms with Gasteiger partial charge in [-0.15, -0.1) is 0 Å². The molecule has 31 heavy (non-hydrogen) atoms. The standard InChI is InChI=1S/C26H23ClF4/c1-2-3-4-5-6-15-7-9-18-16(11-15)8-10-19-20(18)14-21(28)24(26(19)31)17-12-22(29)25(27)23(30)13-17/h7,9,11-14H,2-6,8,10H2,1H3. The lowest BCUT2D eigenvalue weighted by molar-refractivity contribution is 0.572. The highest BCUT2D eigenvalue weighted by molar-refractivity contribution is 6.31. The van der Waals surface area contributed by atoms with Crippen LogP contribution in [0.2, 0.25) is 5.02 Å². The fourth-order valence-corrected chi connectivity index (χ4v) is 4.51. The largest absolute Gasteiger partial charge is 0.206 e. The molecule has 3 aromatic carbocycles. The topological polar surface area (TPSA) is 0 Å². The molecule has 0 bridgehead atoms. The highest BCUT2D eigenvalue weighted by atomic mass is 35.5. The van der Waals surface area contributed by atoms with Crippen molar-refractivity contribution in [2.45, 2.75) is 51.9 Å². The molecule has 4 rings (SSSR count). The maximum atomic E-state index is 15.4. The van der Waals surface area contributed by atoms with Gasteiger partial charge in [-0.25, -0.2) is 17.6 Å². The van der Waals surface area contributed by atoms with Crippen LogP contribution in [0, 0.1) is 23.3 Å². The van der Waals surface area contributed by atoms with Crippen LogP contribution in [0.25, 0.3) is 22.3 Å². The van der Waals surface area contributed by atoms with Gasteiger partial charge in [0.2, 0.25) is 0 Å². The van der Waals surface area contributed by atoms with Gasteiger partial charge in [-0.3, -0.25) is 0 Å². The first-order valence-corrected chi connectivity index (χ1v) is 11.1. The van der Waals surface area contributed by atoms with Crippen LogP contribution in [0.15, 0.2) is 36.4 Å². The van der Waals surface area contributed by atoms with Crippen LogP contribution in [0.4, 0.5) is 17.6 Å². The molecule has 0 heterocycles. The van der Waals surface area contributed by atoms with Gasteiger partial charge >= 0.3 is 0 Å². The monoisotopic (exact) mass is 446 g/mol. The Kier molecular flexibility index (Phi) is 6.38. The van der Waals surface area contributed by atoms with Crippen molar-refractivity contribution in [3.05, 3.63) is 81.4 Å². The van der Waals surface area contributed by atoms with Crippen molar-refractivity contribution in [3.63, 3.8) is 0 Å². The third kappa shape index (κ3) is 4.23. The molecule has 0 fully saturated rings. The van der Waals surface area contributed by atoms with Crippen LogP contribution in [-0.2, 0) is 19.3 Å². The number of rotatable bonds is 6. The van der Waals surface area contributed by atoms with E-state index in [9.17, 15) is 13.2 Å². The predicted octanol–water partition coefficient (Wildman–Crippen LogP) is 8.45. The zero-order valence-corrected chi connectivity index (χ0v) is 18.1. The molecule has 1 aliphatic carbocycles. The van der Waals surface area contributed by atoms with Gasteiger partial charge in [-0.2, -0.15) is 0 Å². The maximum Gasteiger partial charge on any atom is 0.145 e. The maximum absolute atomic E-state index is 15.4. The minimum atomic E-state index is -1.05. The van der Waals surface area contributed by atoms with Crippen molar-refractivity contribution in [1.82, 2.24) is 0 Å². The van der Waals surface area contributed by atoms with Crippen LogP contribution < -0.4 is 0 Å². The lowest BCUT2D eigenvalue weighted by Crippen LogP contribution is -2.09. The Bertz CT molecular complexity index is 1110. The number of benzene rings is 3. The summed E-state index contributed by atoms with van der Waals surface area (Å²) in [5.74, 6) is -3.73. The molecular formula is C26H23ClF4. The average molecular weight is 447 g/mol. The fraction of sp³-hybridized carbons (Fsp3) is 0.308. The normalized spacial score (nSPS) is 12.6. The highest BCUT2D eigenvalue weighted by Crippen LogP contribution is 2.41. The summed E-state index contributed by atoms with van der Waals surface area (Å²) in [5.41, 5.74) is 3.38. The molecule has 0 aliphatic heterocycles. The Morgan fingerprint density at radius 3 is 2.26 bits per heavy atom. The summed E-state index contributed by atoms with van der Waals surface area (Å²) in [5, 5.41) is -0.693. The van der Waals surface area contributed by atoms with Crippen LogP contribution in [0.3, 0.4) is 0 Å². The quantitative estimate of drug-likeness (QED) is 0.202. The van der Waals surface area contributed by atoms with Gasteiger partial charge in [0.25, 0.3) is 0 Å². The molecule has 1 aliphatic rings. The second kappa shape index (κ2) is 9.04. The summed E-state index contributed by atoms with van der Waals surface area (Å²) in [6, 6.07) is 9.09. The summed E-state index contributed by atoms with van der Waals surface area (Å²) in [4.78, 5) is 0. The van der Waals surface area contributed by atoms with E-state index >= 15 is 4.39 Å². The first kappa shape index (κ1) is 21.9. The van der Waals surface area contributed by atoms with E-state index in [1.807, 2.05) is 12.1 Å². The molecule has 0 atom stereocenters. The van der Waals surface area contributed by atoms with E-state index in [1.165, 1.54) is 30.9 Å². The summed E-state index contributed by atoms with van der Waals surface area (Å²) in [6.45, 7) is 2.18. The van der Waals surface area contributed by atoms with Crippen molar-refractivity contribution in [1.29, 1.82) is 0 Å². The molecule has 0 saturated carbocycles. The van der Waals surface area contributed by atoms with Crippen LogP contribution >= 0.6 is 11.6 Å². The van der Waals surface area contributed by atoms with Crippen molar-refractivity contribution in [2.75, 3.05) is 0 Å². The van der Waals surface area contributed by atoms with Gasteiger partial charge in [0.1, 0.15) is 28.3 Å². The Hall–Kier alpha value is -2.33. The number of halogens is 5. The van der Waals surface area contributed by atoms with E-state index in [4.69, 9.17) is 11.6 Å². The second-order valence-electron chi connectivity index (χ2n) is 8.13. The van der Waals surface area contributed by atoms with Crippen molar-refractivity contribution >= 4 is 11.6 Å². The van der Waals surface area contributed by atoms with Crippen LogP contribution in [0.1, 0.15) is 49.3 Å². The smallest absolute Gasteiger partial charge is 0.145 e. The van der Waals surface area contributed by atoms with Gasteiger partial charge < -0.3 is 0 Å². The molecule has 0 amide bonds. The minimum absolute atomic E-state index is 0.203. The third-order valence-corrected chi connectivity index (χ3v) is 6.38. The predicted molar refractivity (Wildman–Crippen MR) is 117 cm³/mol. The first-order chi connectivity index (χ1) is 14.9. The van der Waals surface area contributed by atoms with E-state index in [2.05, 4.69) is 13.0 Å². The molecule has 0 radical (unpaired) electrons. The molecule has 0 saturated heterocycles. The van der Waals surface area contributed by atoms with Gasteiger partial charge in [0.15, 0.2) is 0 Å². The molecule has 0 spiro atoms. The van der Waals surface area contributed by atoms with Crippen molar-refractivity contribution in [2.24, 2.45) is 0 Å². The first-order valence-electron chi connectivity index (χ1n) is 10.7. The number of hydrogen-bond acceptors (Lipinski definition) is 0. The number of aryl methyl sites for hydroxylation is 2. The second-order valence-corrected chi connectivity index (χ2v) is 8.51. The lowest BCUT2D eigenvalue weighted by atomic mass is 9.82. The summed E-state index contributed by atoms with van der Waals surface area (Å²) >= 11 is 5.51. The van der Waals surface area contributed by atoms with Crippen LogP contribution in [-0.4, -0.2) is 0 Å². The Labute approximate surface area is 184 Å². The summed E-state index contributed by atoms with van der Waals surface area (Å²) in [7, 11) is 0. The molecule has 5 heteroatoms. The number of fused-ring (bicyclic) bond motifs is 3. The zero-order chi connectivity index (χ0) is 22.1. The van der Waals surface area contributed by atoms with E-state index in [0.29, 0.717) is 24.0 Å². The molecular weight excluding hydrogens is 424 g/mol. The van der Waals surface area contributed by atoms with Crippen LogP contribution in [0.5, 0.6) is 0 Å². The molecule has 0 unspecified atom stereocenters. The highest BCUT2D eigenvalue weighted by Gasteiger charge is 2.26. The molecule has 0 N–H and O–H groups in total. The van der Waals surface area contributed by atoms with E-state index in [-0.39, 0.29) is 5.56 Å². The van der Waals surface area contributed by atoms with Crippen molar-refractivity contribution < 1.29 is 17.6 Å². The molecule has 162 valence electrons. The van der Waals surface area contributed by atoms with Gasteiger partial charge in [-0.1, -0.05) is 56.0 Å². The molecule has 3 aromatic rings. The third-order valence-electron chi connectivity index (χ3n) is 6.02. The zero-order valence-electron chi connectivity index (χ0n) is 17.3. The van der Waals surface area contributed by atoms with E-state index in [1.54, 1.807) is 0 Å². The van der Waals surface area contributed by atoms with Gasteiger partial charge in [0.05, 0.1) is 5.56 Å². The Balaban J connectivity index is 1.72. The summed E-state index contributed by atoms with van der Waals surface area (Å²) < 4.78 is 58.1. The number of unbranched alkanes of at least 4 members (excludes halogenated alkanes) is 3. The fourth-order valence-electron chi connectivity index (χ4n) is 4.40. The number of hydrogen-bond donors (Lipinski definition) is 0. The van der Waals surface area contributed by atoms with Gasteiger partial charge in [0, 0.05) is 0 Å². The molecule has 0 nitrogen and oxygen atoms in total. The molecule has 0 aromatic heterocycles. The van der Waals surface area contributed by atoms with Gasteiger partial charge in [-0.05, 0) is 77.3 Å².